The Balaban J connectivity index is 4.92. The average Bonchev–Trinajstić information content (AvgIpc) is 2.51. The van der Waals surface area contributed by atoms with Crippen LogP contribution in [-0.2, 0) is 19.1 Å². The largest absolute Gasteiger partial charge is 0.480 e. The van der Waals surface area contributed by atoms with Crippen molar-refractivity contribution in [2.45, 2.75) is 79.6 Å². The third-order valence-corrected chi connectivity index (χ3v) is 4.16. The molecule has 0 radical (unpaired) electrons. The molecule has 0 bridgehead atoms. The van der Waals surface area contributed by atoms with Crippen LogP contribution in [-0.4, -0.2) is 35.0 Å². The van der Waals surface area contributed by atoms with Crippen molar-refractivity contribution in [3.05, 3.63) is 0 Å². The van der Waals surface area contributed by atoms with Gasteiger partial charge in [-0.2, -0.15) is 0 Å². The molecule has 0 aromatic heterocycles. The number of alkyl carbamates (subject to hydrolysis) is 1. The third kappa shape index (κ3) is 8.23. The molecule has 0 aromatic carbocycles. The normalized spacial score (nSPS) is 16.0. The van der Waals surface area contributed by atoms with Gasteiger partial charge in [-0.15, -0.1) is 0 Å². The summed E-state index contributed by atoms with van der Waals surface area (Å²) in [7, 11) is 0. The summed E-state index contributed by atoms with van der Waals surface area (Å²) in [6.07, 6.45) is -0.104. The summed E-state index contributed by atoms with van der Waals surface area (Å²) >= 11 is 0. The van der Waals surface area contributed by atoms with Gasteiger partial charge in [0.25, 0.3) is 6.29 Å². The van der Waals surface area contributed by atoms with Gasteiger partial charge in [-0.05, 0) is 25.7 Å². The van der Waals surface area contributed by atoms with E-state index in [2.05, 4.69) is 5.32 Å². The summed E-state index contributed by atoms with van der Waals surface area (Å²) in [5.41, 5.74) is -1.44. The summed E-state index contributed by atoms with van der Waals surface area (Å²) in [5, 5.41) is 11.9. The minimum Gasteiger partial charge on any atom is -0.480 e. The first-order chi connectivity index (χ1) is 11.4. The van der Waals surface area contributed by atoms with Crippen LogP contribution in [0.2, 0.25) is 0 Å². The number of amides is 1. The van der Waals surface area contributed by atoms with Gasteiger partial charge in [0, 0.05) is 5.92 Å². The monoisotopic (exact) mass is 359 g/mol. The Labute approximate surface area is 150 Å². The number of carboxylic acids is 1. The summed E-state index contributed by atoms with van der Waals surface area (Å²) < 4.78 is 10.3. The zero-order valence-corrected chi connectivity index (χ0v) is 16.4. The molecule has 0 heterocycles. The predicted octanol–water partition coefficient (Wildman–Crippen LogP) is 3.56. The van der Waals surface area contributed by atoms with Gasteiger partial charge in [0.05, 0.1) is 5.92 Å². The van der Waals surface area contributed by atoms with Crippen LogP contribution in [0.3, 0.4) is 0 Å². The lowest BCUT2D eigenvalue weighted by Crippen LogP contribution is -2.53. The number of nitrogens with one attached hydrogen (secondary N) is 1. The number of carbonyl (C=O) groups excluding carboxylic acids is 2. The lowest BCUT2D eigenvalue weighted by atomic mass is 9.90. The maximum Gasteiger partial charge on any atom is 0.411 e. The topological polar surface area (TPSA) is 102 Å². The predicted molar refractivity (Wildman–Crippen MR) is 93.9 cm³/mol. The molecule has 0 spiro atoms. The van der Waals surface area contributed by atoms with Gasteiger partial charge in [-0.3, -0.25) is 4.79 Å². The van der Waals surface area contributed by atoms with Gasteiger partial charge >= 0.3 is 18.0 Å². The summed E-state index contributed by atoms with van der Waals surface area (Å²) in [6, 6.07) is 0. The third-order valence-electron chi connectivity index (χ3n) is 4.16. The molecule has 7 nitrogen and oxygen atoms in total. The zero-order chi connectivity index (χ0) is 19.8. The van der Waals surface area contributed by atoms with Gasteiger partial charge in [0.2, 0.25) is 0 Å². The second-order valence-corrected chi connectivity index (χ2v) is 7.42. The minimum atomic E-state index is -1.44. The van der Waals surface area contributed by atoms with E-state index >= 15 is 0 Å². The molecule has 1 amide bonds. The first kappa shape index (κ1) is 23.2. The standard InChI is InChI=1S/C18H33NO6/c1-8-13(6)9-10-18(7,16(21)22)19-17(23)25-15(12(4)5)24-14(20)11(2)3/h11-13,15H,8-10H2,1-7H3,(H,19,23)(H,21,22)/t13-,15-,18+/m1/s1. The minimum absolute atomic E-state index is 0.260. The lowest BCUT2D eigenvalue weighted by molar-refractivity contribution is -0.179. The number of rotatable bonds is 10. The quantitative estimate of drug-likeness (QED) is 0.457. The number of hydrogen-bond acceptors (Lipinski definition) is 5. The molecular weight excluding hydrogens is 326 g/mol. The molecule has 0 unspecified atom stereocenters. The molecule has 2 N–H and O–H groups in total. The molecule has 0 aliphatic carbocycles. The fourth-order valence-corrected chi connectivity index (χ4v) is 1.87. The van der Waals surface area contributed by atoms with E-state index < -0.39 is 29.9 Å². The van der Waals surface area contributed by atoms with E-state index in [0.717, 1.165) is 6.42 Å². The van der Waals surface area contributed by atoms with Gasteiger partial charge in [-0.1, -0.05) is 48.0 Å². The lowest BCUT2D eigenvalue weighted by Gasteiger charge is -2.29. The molecular formula is C18H33NO6. The van der Waals surface area contributed by atoms with Crippen molar-refractivity contribution in [1.29, 1.82) is 0 Å². The average molecular weight is 359 g/mol. The smallest absolute Gasteiger partial charge is 0.411 e. The number of carbonyl (C=O) groups is 3. The van der Waals surface area contributed by atoms with Crippen molar-refractivity contribution in [1.82, 2.24) is 5.32 Å². The highest BCUT2D eigenvalue weighted by atomic mass is 16.7. The van der Waals surface area contributed by atoms with Crippen molar-refractivity contribution in [3.63, 3.8) is 0 Å². The number of aliphatic carboxylic acids is 1. The highest BCUT2D eigenvalue weighted by molar-refractivity contribution is 5.84. The molecule has 146 valence electrons. The highest BCUT2D eigenvalue weighted by Gasteiger charge is 2.36. The Hall–Kier alpha value is -1.79. The van der Waals surface area contributed by atoms with Gasteiger partial charge in [0.15, 0.2) is 0 Å². The van der Waals surface area contributed by atoms with E-state index in [-0.39, 0.29) is 18.3 Å². The van der Waals surface area contributed by atoms with Crippen LogP contribution in [0, 0.1) is 17.8 Å². The SMILES string of the molecule is CC[C@@H](C)CC[C@](C)(NC(=O)O[C@@H](OC(=O)C(C)C)C(C)C)C(=O)O. The zero-order valence-electron chi connectivity index (χ0n) is 16.4. The Morgan fingerprint density at radius 3 is 2.04 bits per heavy atom. The van der Waals surface area contributed by atoms with Crippen molar-refractivity contribution < 1.29 is 29.0 Å². The number of esters is 1. The van der Waals surface area contributed by atoms with E-state index in [1.54, 1.807) is 27.7 Å². The van der Waals surface area contributed by atoms with Gasteiger partial charge < -0.3 is 19.9 Å². The summed E-state index contributed by atoms with van der Waals surface area (Å²) in [4.78, 5) is 35.5. The van der Waals surface area contributed by atoms with Gasteiger partial charge in [-0.25, -0.2) is 9.59 Å². The number of ether oxygens (including phenoxy) is 2. The van der Waals surface area contributed by atoms with E-state index in [9.17, 15) is 19.5 Å². The van der Waals surface area contributed by atoms with Crippen molar-refractivity contribution in [3.8, 4) is 0 Å². The Morgan fingerprint density at radius 1 is 1.08 bits per heavy atom. The van der Waals surface area contributed by atoms with Crippen LogP contribution in [0.15, 0.2) is 0 Å². The molecule has 0 saturated carbocycles. The van der Waals surface area contributed by atoms with Crippen LogP contribution in [0.1, 0.15) is 67.7 Å². The Bertz CT molecular complexity index is 462. The summed E-state index contributed by atoms with van der Waals surface area (Å²) in [5.74, 6) is -1.87. The Kier molecular flexibility index (Phi) is 9.52. The molecule has 0 rings (SSSR count). The highest BCUT2D eigenvalue weighted by Crippen LogP contribution is 2.20. The second-order valence-electron chi connectivity index (χ2n) is 7.42. The first-order valence-electron chi connectivity index (χ1n) is 8.85. The van der Waals surface area contributed by atoms with Gasteiger partial charge in [0.1, 0.15) is 5.54 Å². The van der Waals surface area contributed by atoms with Crippen LogP contribution in [0.4, 0.5) is 4.79 Å². The Morgan fingerprint density at radius 2 is 1.64 bits per heavy atom. The molecule has 0 aromatic rings. The van der Waals surface area contributed by atoms with E-state index in [1.165, 1.54) is 6.92 Å². The number of carboxylic acid groups (broad SMARTS) is 1. The van der Waals surface area contributed by atoms with Crippen LogP contribution in [0.25, 0.3) is 0 Å². The molecule has 0 aliphatic heterocycles. The van der Waals surface area contributed by atoms with E-state index in [1.807, 2.05) is 13.8 Å². The summed E-state index contributed by atoms with van der Waals surface area (Å²) in [6.45, 7) is 12.3. The van der Waals surface area contributed by atoms with Crippen molar-refractivity contribution in [2.75, 3.05) is 0 Å². The number of hydrogen-bond donors (Lipinski definition) is 2. The fourth-order valence-electron chi connectivity index (χ4n) is 1.87. The molecule has 25 heavy (non-hydrogen) atoms. The van der Waals surface area contributed by atoms with Crippen LogP contribution >= 0.6 is 0 Å². The molecule has 0 fully saturated rings. The molecule has 3 atom stereocenters. The van der Waals surface area contributed by atoms with Crippen LogP contribution < -0.4 is 5.32 Å². The first-order valence-corrected chi connectivity index (χ1v) is 8.85. The molecule has 0 aliphatic rings. The van der Waals surface area contributed by atoms with Crippen molar-refractivity contribution >= 4 is 18.0 Å². The fraction of sp³-hybridized carbons (Fsp3) is 0.833. The van der Waals surface area contributed by atoms with Crippen molar-refractivity contribution in [2.24, 2.45) is 17.8 Å². The van der Waals surface area contributed by atoms with E-state index in [0.29, 0.717) is 12.3 Å². The maximum absolute atomic E-state index is 12.2. The van der Waals surface area contributed by atoms with Crippen LogP contribution in [0.5, 0.6) is 0 Å². The molecule has 0 saturated heterocycles. The van der Waals surface area contributed by atoms with E-state index in [4.69, 9.17) is 9.47 Å². The second kappa shape index (κ2) is 10.3. The maximum atomic E-state index is 12.2. The molecule has 7 heteroatoms.